The van der Waals surface area contributed by atoms with Crippen LogP contribution in [0.15, 0.2) is 18.3 Å². The van der Waals surface area contributed by atoms with Crippen molar-refractivity contribution >= 4 is 11.8 Å². The van der Waals surface area contributed by atoms with Crippen LogP contribution in [0.3, 0.4) is 0 Å². The highest BCUT2D eigenvalue weighted by atomic mass is 16.5. The fraction of sp³-hybridized carbons (Fsp3) is 0.571. The molecule has 0 aliphatic carbocycles. The molecule has 1 fully saturated rings. The van der Waals surface area contributed by atoms with Crippen molar-refractivity contribution in [3.8, 4) is 0 Å². The smallest absolute Gasteiger partial charge is 0.268 e. The highest BCUT2D eigenvalue weighted by Gasteiger charge is 2.24. The van der Waals surface area contributed by atoms with E-state index in [2.05, 4.69) is 5.32 Å². The Morgan fingerprint density at radius 2 is 2.30 bits per heavy atom. The number of hydrogen-bond donors (Lipinski definition) is 1. The SMILES string of the molecule is CC(C)n1cccc1C(=O)NCC1CN(C)C(=O)CO1. The molecule has 2 amide bonds. The quantitative estimate of drug-likeness (QED) is 0.880. The van der Waals surface area contributed by atoms with E-state index in [1.165, 1.54) is 0 Å². The van der Waals surface area contributed by atoms with Gasteiger partial charge in [0.15, 0.2) is 0 Å². The van der Waals surface area contributed by atoms with Gasteiger partial charge in [0.2, 0.25) is 5.91 Å². The van der Waals surface area contributed by atoms with Crippen molar-refractivity contribution in [1.29, 1.82) is 0 Å². The summed E-state index contributed by atoms with van der Waals surface area (Å²) in [4.78, 5) is 25.1. The predicted molar refractivity (Wildman–Crippen MR) is 74.5 cm³/mol. The summed E-state index contributed by atoms with van der Waals surface area (Å²) < 4.78 is 7.32. The lowest BCUT2D eigenvalue weighted by Crippen LogP contribution is -2.48. The van der Waals surface area contributed by atoms with Crippen LogP contribution in [0.4, 0.5) is 0 Å². The molecule has 0 aromatic carbocycles. The molecular formula is C14H21N3O3. The third kappa shape index (κ3) is 3.19. The first kappa shape index (κ1) is 14.6. The van der Waals surface area contributed by atoms with Crippen molar-refractivity contribution in [2.75, 3.05) is 26.7 Å². The Morgan fingerprint density at radius 3 is 2.95 bits per heavy atom. The maximum absolute atomic E-state index is 12.2. The van der Waals surface area contributed by atoms with Crippen LogP contribution in [-0.4, -0.2) is 54.1 Å². The van der Waals surface area contributed by atoms with Crippen molar-refractivity contribution in [1.82, 2.24) is 14.8 Å². The van der Waals surface area contributed by atoms with E-state index in [9.17, 15) is 9.59 Å². The van der Waals surface area contributed by atoms with Crippen LogP contribution < -0.4 is 5.32 Å². The van der Waals surface area contributed by atoms with Crippen molar-refractivity contribution in [3.63, 3.8) is 0 Å². The molecule has 6 heteroatoms. The van der Waals surface area contributed by atoms with Crippen molar-refractivity contribution in [2.24, 2.45) is 0 Å². The molecular weight excluding hydrogens is 258 g/mol. The number of carbonyl (C=O) groups is 2. The minimum atomic E-state index is -0.149. The van der Waals surface area contributed by atoms with E-state index in [0.717, 1.165) is 0 Å². The Kier molecular flexibility index (Phi) is 4.44. The highest BCUT2D eigenvalue weighted by molar-refractivity contribution is 5.92. The summed E-state index contributed by atoms with van der Waals surface area (Å²) >= 11 is 0. The fourth-order valence-corrected chi connectivity index (χ4v) is 2.22. The molecule has 1 aliphatic rings. The number of likely N-dealkylation sites (N-methyl/N-ethyl adjacent to an activating group) is 1. The van der Waals surface area contributed by atoms with Crippen LogP contribution in [-0.2, 0) is 9.53 Å². The monoisotopic (exact) mass is 279 g/mol. The van der Waals surface area contributed by atoms with Crippen LogP contribution in [0.1, 0.15) is 30.4 Å². The zero-order chi connectivity index (χ0) is 14.7. The van der Waals surface area contributed by atoms with E-state index >= 15 is 0 Å². The number of hydrogen-bond acceptors (Lipinski definition) is 3. The number of nitrogens with one attached hydrogen (secondary N) is 1. The van der Waals surface area contributed by atoms with E-state index in [1.807, 2.05) is 30.7 Å². The van der Waals surface area contributed by atoms with Crippen LogP contribution in [0.5, 0.6) is 0 Å². The highest BCUT2D eigenvalue weighted by Crippen LogP contribution is 2.11. The molecule has 0 saturated carbocycles. The summed E-state index contributed by atoms with van der Waals surface area (Å²) in [5.41, 5.74) is 0.639. The average Bonchev–Trinajstić information content (AvgIpc) is 2.89. The normalized spacial score (nSPS) is 19.5. The Balaban J connectivity index is 1.89. The van der Waals surface area contributed by atoms with E-state index in [4.69, 9.17) is 4.74 Å². The fourth-order valence-electron chi connectivity index (χ4n) is 2.22. The maximum Gasteiger partial charge on any atom is 0.268 e. The lowest BCUT2D eigenvalue weighted by molar-refractivity contribution is -0.146. The molecule has 6 nitrogen and oxygen atoms in total. The summed E-state index contributed by atoms with van der Waals surface area (Å²) in [6.45, 7) is 5.05. The molecule has 2 heterocycles. The van der Waals surface area contributed by atoms with E-state index in [1.54, 1.807) is 18.0 Å². The molecule has 20 heavy (non-hydrogen) atoms. The Labute approximate surface area is 118 Å². The van der Waals surface area contributed by atoms with Crippen molar-refractivity contribution in [2.45, 2.75) is 26.0 Å². The van der Waals surface area contributed by atoms with Gasteiger partial charge in [-0.3, -0.25) is 9.59 Å². The largest absolute Gasteiger partial charge is 0.365 e. The molecule has 110 valence electrons. The van der Waals surface area contributed by atoms with Gasteiger partial charge in [0.05, 0.1) is 6.10 Å². The molecule has 1 unspecified atom stereocenters. The van der Waals surface area contributed by atoms with Gasteiger partial charge in [0, 0.05) is 32.4 Å². The van der Waals surface area contributed by atoms with Gasteiger partial charge in [-0.25, -0.2) is 0 Å². The topological polar surface area (TPSA) is 63.6 Å². The van der Waals surface area contributed by atoms with Crippen LogP contribution >= 0.6 is 0 Å². The molecule has 1 atom stereocenters. The Bertz CT molecular complexity index is 496. The summed E-state index contributed by atoms with van der Waals surface area (Å²) in [7, 11) is 1.74. The zero-order valence-corrected chi connectivity index (χ0v) is 12.1. The van der Waals surface area contributed by atoms with Crippen molar-refractivity contribution < 1.29 is 14.3 Å². The summed E-state index contributed by atoms with van der Waals surface area (Å²) in [6, 6.07) is 3.89. The lowest BCUT2D eigenvalue weighted by atomic mass is 10.2. The van der Waals surface area contributed by atoms with Gasteiger partial charge in [0.25, 0.3) is 5.91 Å². The van der Waals surface area contributed by atoms with Gasteiger partial charge >= 0.3 is 0 Å². The summed E-state index contributed by atoms with van der Waals surface area (Å²) in [6.07, 6.45) is 1.74. The Morgan fingerprint density at radius 1 is 1.55 bits per heavy atom. The summed E-state index contributed by atoms with van der Waals surface area (Å²) in [5, 5.41) is 2.86. The number of nitrogens with zero attached hydrogens (tertiary/aromatic N) is 2. The summed E-state index contributed by atoms with van der Waals surface area (Å²) in [5.74, 6) is -0.145. The molecule has 2 rings (SSSR count). The molecule has 1 saturated heterocycles. The third-order valence-electron chi connectivity index (χ3n) is 3.40. The standard InChI is InChI=1S/C14H21N3O3/c1-10(2)17-6-4-5-12(17)14(19)15-7-11-8-16(3)13(18)9-20-11/h4-6,10-11H,7-9H2,1-3H3,(H,15,19). The first-order valence-electron chi connectivity index (χ1n) is 6.79. The van der Waals surface area contributed by atoms with E-state index in [-0.39, 0.29) is 30.6 Å². The van der Waals surface area contributed by atoms with Gasteiger partial charge in [-0.2, -0.15) is 0 Å². The van der Waals surface area contributed by atoms with Gasteiger partial charge in [-0.05, 0) is 26.0 Å². The second-order valence-corrected chi connectivity index (χ2v) is 5.31. The number of amides is 2. The minimum Gasteiger partial charge on any atom is -0.365 e. The minimum absolute atomic E-state index is 0.0266. The molecule has 1 aromatic heterocycles. The second-order valence-electron chi connectivity index (χ2n) is 5.31. The van der Waals surface area contributed by atoms with Crippen LogP contribution in [0.2, 0.25) is 0 Å². The number of morpholine rings is 1. The Hall–Kier alpha value is -1.82. The van der Waals surface area contributed by atoms with Crippen molar-refractivity contribution in [3.05, 3.63) is 24.0 Å². The van der Waals surface area contributed by atoms with Crippen LogP contribution in [0, 0.1) is 0 Å². The van der Waals surface area contributed by atoms with Crippen LogP contribution in [0.25, 0.3) is 0 Å². The number of carbonyl (C=O) groups excluding carboxylic acids is 2. The van der Waals surface area contributed by atoms with Gasteiger partial charge in [0.1, 0.15) is 12.3 Å². The second kappa shape index (κ2) is 6.09. The first-order chi connectivity index (χ1) is 9.49. The van der Waals surface area contributed by atoms with Gasteiger partial charge in [-0.1, -0.05) is 0 Å². The zero-order valence-electron chi connectivity index (χ0n) is 12.1. The first-order valence-corrected chi connectivity index (χ1v) is 6.79. The molecule has 1 aromatic rings. The molecule has 1 aliphatic heterocycles. The van der Waals surface area contributed by atoms with E-state index < -0.39 is 0 Å². The maximum atomic E-state index is 12.2. The molecule has 0 bridgehead atoms. The predicted octanol–water partition coefficient (Wildman–Crippen LogP) is 0.656. The van der Waals surface area contributed by atoms with Gasteiger partial charge in [-0.15, -0.1) is 0 Å². The van der Waals surface area contributed by atoms with Gasteiger partial charge < -0.3 is 19.5 Å². The third-order valence-corrected chi connectivity index (χ3v) is 3.40. The molecule has 1 N–H and O–H groups in total. The molecule has 0 radical (unpaired) electrons. The number of rotatable bonds is 4. The number of ether oxygens (including phenoxy) is 1. The number of aromatic nitrogens is 1. The lowest BCUT2D eigenvalue weighted by Gasteiger charge is -2.30. The average molecular weight is 279 g/mol. The van der Waals surface area contributed by atoms with E-state index in [0.29, 0.717) is 18.8 Å². The molecule has 0 spiro atoms.